The molecular formula is C21H28N6O2. The van der Waals surface area contributed by atoms with Crippen LogP contribution in [0.2, 0.25) is 0 Å². The van der Waals surface area contributed by atoms with E-state index < -0.39 is 11.2 Å². The second-order valence-corrected chi connectivity index (χ2v) is 7.66. The van der Waals surface area contributed by atoms with E-state index in [0.717, 1.165) is 38.2 Å². The standard InChI is InChI=1S/C21H28N6O2/c1-3-17(4-2)25-11-9-24(10-12-25)15-16-5-8-27-18(13-16)19(14-22-27)26-7-6-20(28)23-21(26)29/h5-8,13-14,17H,3-4,9-12,15H2,1-2H3,(H,23,28,29). The largest absolute Gasteiger partial charge is 0.333 e. The van der Waals surface area contributed by atoms with Crippen molar-refractivity contribution in [3.63, 3.8) is 0 Å². The Morgan fingerprint density at radius 3 is 2.52 bits per heavy atom. The Balaban J connectivity index is 1.53. The van der Waals surface area contributed by atoms with Gasteiger partial charge in [-0.3, -0.25) is 24.1 Å². The second kappa shape index (κ2) is 8.34. The number of aromatic nitrogens is 4. The molecule has 8 nitrogen and oxygen atoms in total. The molecule has 1 N–H and O–H groups in total. The van der Waals surface area contributed by atoms with Crippen molar-refractivity contribution >= 4 is 5.52 Å². The molecule has 8 heteroatoms. The van der Waals surface area contributed by atoms with Crippen molar-refractivity contribution in [3.05, 3.63) is 63.2 Å². The molecule has 1 aliphatic heterocycles. The van der Waals surface area contributed by atoms with Crippen LogP contribution in [0.25, 0.3) is 11.2 Å². The lowest BCUT2D eigenvalue weighted by molar-refractivity contribution is 0.0881. The summed E-state index contributed by atoms with van der Waals surface area (Å²) in [5.41, 5.74) is 1.82. The van der Waals surface area contributed by atoms with E-state index in [2.05, 4.69) is 45.9 Å². The van der Waals surface area contributed by atoms with Gasteiger partial charge in [0.25, 0.3) is 5.56 Å². The molecular weight excluding hydrogens is 368 g/mol. The van der Waals surface area contributed by atoms with Crippen LogP contribution in [-0.2, 0) is 6.54 Å². The van der Waals surface area contributed by atoms with Crippen LogP contribution in [0.4, 0.5) is 0 Å². The molecule has 0 spiro atoms. The van der Waals surface area contributed by atoms with Gasteiger partial charge in [0, 0.05) is 57.2 Å². The highest BCUT2D eigenvalue weighted by molar-refractivity contribution is 5.64. The zero-order chi connectivity index (χ0) is 20.4. The smallest absolute Gasteiger partial charge is 0.298 e. The van der Waals surface area contributed by atoms with Crippen molar-refractivity contribution in [1.29, 1.82) is 0 Å². The Hall–Kier alpha value is -2.71. The molecule has 154 valence electrons. The average molecular weight is 396 g/mol. The predicted molar refractivity (Wildman–Crippen MR) is 113 cm³/mol. The van der Waals surface area contributed by atoms with Crippen molar-refractivity contribution in [3.8, 4) is 5.69 Å². The number of nitrogens with one attached hydrogen (secondary N) is 1. The summed E-state index contributed by atoms with van der Waals surface area (Å²) >= 11 is 0. The summed E-state index contributed by atoms with van der Waals surface area (Å²) in [4.78, 5) is 30.9. The highest BCUT2D eigenvalue weighted by atomic mass is 16.2. The van der Waals surface area contributed by atoms with Crippen LogP contribution >= 0.6 is 0 Å². The fourth-order valence-electron chi connectivity index (χ4n) is 4.25. The molecule has 0 unspecified atom stereocenters. The summed E-state index contributed by atoms with van der Waals surface area (Å²) < 4.78 is 3.17. The first-order chi connectivity index (χ1) is 14.1. The first-order valence-corrected chi connectivity index (χ1v) is 10.3. The first kappa shape index (κ1) is 19.6. The number of hydrogen-bond acceptors (Lipinski definition) is 5. The van der Waals surface area contributed by atoms with Gasteiger partial charge in [-0.15, -0.1) is 0 Å². The van der Waals surface area contributed by atoms with Gasteiger partial charge in [0.15, 0.2) is 0 Å². The first-order valence-electron chi connectivity index (χ1n) is 10.3. The Bertz CT molecular complexity index is 1090. The van der Waals surface area contributed by atoms with Gasteiger partial charge in [-0.25, -0.2) is 9.31 Å². The van der Waals surface area contributed by atoms with E-state index in [1.165, 1.54) is 35.2 Å². The van der Waals surface area contributed by atoms with Crippen LogP contribution in [0, 0.1) is 0 Å². The second-order valence-electron chi connectivity index (χ2n) is 7.66. The monoisotopic (exact) mass is 396 g/mol. The number of fused-ring (bicyclic) bond motifs is 1. The number of pyridine rings is 1. The summed E-state index contributed by atoms with van der Waals surface area (Å²) in [6.45, 7) is 9.76. The van der Waals surface area contributed by atoms with Crippen LogP contribution in [-0.4, -0.2) is 61.2 Å². The summed E-state index contributed by atoms with van der Waals surface area (Å²) in [6, 6.07) is 6.19. The summed E-state index contributed by atoms with van der Waals surface area (Å²) in [5, 5.41) is 4.34. The summed E-state index contributed by atoms with van der Waals surface area (Å²) in [6.07, 6.45) is 7.48. The predicted octanol–water partition coefficient (Wildman–Crippen LogP) is 1.48. The molecule has 0 saturated carbocycles. The van der Waals surface area contributed by atoms with Crippen LogP contribution in [0.15, 0.2) is 46.4 Å². The van der Waals surface area contributed by atoms with Crippen LogP contribution in [0.1, 0.15) is 32.3 Å². The summed E-state index contributed by atoms with van der Waals surface area (Å²) in [7, 11) is 0. The molecule has 29 heavy (non-hydrogen) atoms. The van der Waals surface area contributed by atoms with Gasteiger partial charge in [-0.1, -0.05) is 13.8 Å². The van der Waals surface area contributed by atoms with Gasteiger partial charge in [0.1, 0.15) is 0 Å². The number of rotatable bonds is 6. The maximum atomic E-state index is 12.2. The van der Waals surface area contributed by atoms with Crippen molar-refractivity contribution in [2.75, 3.05) is 26.2 Å². The van der Waals surface area contributed by atoms with E-state index in [-0.39, 0.29) is 0 Å². The van der Waals surface area contributed by atoms with Crippen molar-refractivity contribution < 1.29 is 0 Å². The minimum absolute atomic E-state index is 0.407. The Kier molecular flexibility index (Phi) is 5.64. The van der Waals surface area contributed by atoms with Gasteiger partial charge in [0.2, 0.25) is 0 Å². The van der Waals surface area contributed by atoms with E-state index in [9.17, 15) is 9.59 Å². The molecule has 0 aromatic carbocycles. The van der Waals surface area contributed by atoms with Crippen molar-refractivity contribution in [1.82, 2.24) is 29.0 Å². The number of aromatic amines is 1. The van der Waals surface area contributed by atoms with Crippen molar-refractivity contribution in [2.24, 2.45) is 0 Å². The Morgan fingerprint density at radius 1 is 1.07 bits per heavy atom. The van der Waals surface area contributed by atoms with Crippen LogP contribution in [0.3, 0.4) is 0 Å². The minimum atomic E-state index is -0.463. The molecule has 0 bridgehead atoms. The van der Waals surface area contributed by atoms with E-state index in [1.807, 2.05) is 6.20 Å². The molecule has 0 aliphatic carbocycles. The topological polar surface area (TPSA) is 78.6 Å². The molecule has 0 radical (unpaired) electrons. The third-order valence-electron chi connectivity index (χ3n) is 5.92. The maximum Gasteiger partial charge on any atom is 0.333 e. The molecule has 4 heterocycles. The van der Waals surface area contributed by atoms with Gasteiger partial charge >= 0.3 is 5.69 Å². The molecule has 0 amide bonds. The molecule has 0 atom stereocenters. The molecule has 1 saturated heterocycles. The number of piperazine rings is 1. The minimum Gasteiger partial charge on any atom is -0.298 e. The van der Waals surface area contributed by atoms with Gasteiger partial charge in [0.05, 0.1) is 17.4 Å². The molecule has 1 fully saturated rings. The molecule has 4 rings (SSSR count). The number of hydrogen-bond donors (Lipinski definition) is 1. The van der Waals surface area contributed by atoms with E-state index in [1.54, 1.807) is 10.7 Å². The third-order valence-corrected chi connectivity index (χ3v) is 5.92. The number of H-pyrrole nitrogens is 1. The lowest BCUT2D eigenvalue weighted by Gasteiger charge is -2.38. The number of nitrogens with zero attached hydrogens (tertiary/aromatic N) is 5. The molecule has 3 aromatic rings. The summed E-state index contributed by atoms with van der Waals surface area (Å²) in [5.74, 6) is 0. The Morgan fingerprint density at radius 2 is 1.83 bits per heavy atom. The lowest BCUT2D eigenvalue weighted by atomic mass is 10.1. The molecule has 3 aromatic heterocycles. The van der Waals surface area contributed by atoms with Gasteiger partial charge in [-0.2, -0.15) is 5.10 Å². The quantitative estimate of drug-likeness (QED) is 0.683. The van der Waals surface area contributed by atoms with Gasteiger partial charge < -0.3 is 0 Å². The van der Waals surface area contributed by atoms with Crippen LogP contribution < -0.4 is 11.2 Å². The van der Waals surface area contributed by atoms with Crippen LogP contribution in [0.5, 0.6) is 0 Å². The third kappa shape index (κ3) is 4.04. The van der Waals surface area contributed by atoms with Crippen molar-refractivity contribution in [2.45, 2.75) is 39.3 Å². The maximum absolute atomic E-state index is 12.2. The lowest BCUT2D eigenvalue weighted by Crippen LogP contribution is -2.49. The van der Waals surface area contributed by atoms with E-state index >= 15 is 0 Å². The fourth-order valence-corrected chi connectivity index (χ4v) is 4.25. The van der Waals surface area contributed by atoms with Gasteiger partial charge in [-0.05, 0) is 30.5 Å². The molecule has 1 aliphatic rings. The normalized spacial score (nSPS) is 16.1. The van der Waals surface area contributed by atoms with E-state index in [0.29, 0.717) is 11.7 Å². The average Bonchev–Trinajstić information content (AvgIpc) is 3.13. The highest BCUT2D eigenvalue weighted by Gasteiger charge is 2.21. The fraction of sp³-hybridized carbons (Fsp3) is 0.476. The Labute approximate surface area is 169 Å². The zero-order valence-corrected chi connectivity index (χ0v) is 17.0. The van der Waals surface area contributed by atoms with E-state index in [4.69, 9.17) is 0 Å². The zero-order valence-electron chi connectivity index (χ0n) is 17.0. The highest BCUT2D eigenvalue weighted by Crippen LogP contribution is 2.18. The SMILES string of the molecule is CCC(CC)N1CCN(Cc2ccn3ncc(-n4ccc(=O)[nH]c4=O)c3c2)CC1.